The van der Waals surface area contributed by atoms with Crippen molar-refractivity contribution in [1.29, 1.82) is 0 Å². The summed E-state index contributed by atoms with van der Waals surface area (Å²) in [5.74, 6) is 0. The lowest BCUT2D eigenvalue weighted by Gasteiger charge is -2.05. The minimum absolute atomic E-state index is 0.256. The molecule has 0 aromatic heterocycles. The Morgan fingerprint density at radius 2 is 1.39 bits per heavy atom. The van der Waals surface area contributed by atoms with Crippen LogP contribution in [0.1, 0.15) is 18.4 Å². The molecule has 0 bridgehead atoms. The normalized spacial score (nSPS) is 18.7. The van der Waals surface area contributed by atoms with E-state index in [9.17, 15) is 5.11 Å². The fourth-order valence-electron chi connectivity index (χ4n) is 2.45. The van der Waals surface area contributed by atoms with Crippen LogP contribution in [0.25, 0.3) is 16.7 Å². The van der Waals surface area contributed by atoms with Gasteiger partial charge in [0.2, 0.25) is 0 Å². The van der Waals surface area contributed by atoms with Crippen molar-refractivity contribution in [2.24, 2.45) is 0 Å². The zero-order valence-corrected chi connectivity index (χ0v) is 10.2. The molecule has 0 amide bonds. The van der Waals surface area contributed by atoms with E-state index in [2.05, 4.69) is 48.5 Å². The van der Waals surface area contributed by atoms with Crippen LogP contribution in [0.2, 0.25) is 0 Å². The summed E-state index contributed by atoms with van der Waals surface area (Å²) in [6.07, 6.45) is 3.55. The van der Waals surface area contributed by atoms with E-state index in [1.807, 2.05) is 12.1 Å². The van der Waals surface area contributed by atoms with Crippen molar-refractivity contribution in [3.8, 4) is 11.1 Å². The topological polar surface area (TPSA) is 20.2 Å². The van der Waals surface area contributed by atoms with Crippen molar-refractivity contribution < 1.29 is 5.11 Å². The van der Waals surface area contributed by atoms with Crippen LogP contribution in [0.15, 0.2) is 60.7 Å². The minimum Gasteiger partial charge on any atom is -0.389 e. The molecular formula is C17H16O. The van der Waals surface area contributed by atoms with Crippen molar-refractivity contribution in [1.82, 2.24) is 0 Å². The predicted octanol–water partition coefficient (Wildman–Crippen LogP) is 3.89. The lowest BCUT2D eigenvalue weighted by Crippen LogP contribution is -1.93. The maximum atomic E-state index is 9.52. The van der Waals surface area contributed by atoms with Gasteiger partial charge in [-0.1, -0.05) is 60.7 Å². The molecule has 90 valence electrons. The lowest BCUT2D eigenvalue weighted by molar-refractivity contribution is 0.223. The van der Waals surface area contributed by atoms with Gasteiger partial charge in [0.25, 0.3) is 0 Å². The lowest BCUT2D eigenvalue weighted by atomic mass is 10.0. The molecule has 1 aliphatic rings. The van der Waals surface area contributed by atoms with Crippen molar-refractivity contribution in [3.05, 3.63) is 66.2 Å². The van der Waals surface area contributed by atoms with E-state index in [0.717, 1.165) is 12.8 Å². The molecule has 0 saturated carbocycles. The Bertz CT molecular complexity index is 552. The minimum atomic E-state index is -0.256. The second-order valence-electron chi connectivity index (χ2n) is 4.74. The molecule has 18 heavy (non-hydrogen) atoms. The summed E-state index contributed by atoms with van der Waals surface area (Å²) in [5, 5.41) is 9.52. The quantitative estimate of drug-likeness (QED) is 0.838. The van der Waals surface area contributed by atoms with Gasteiger partial charge in [0, 0.05) is 0 Å². The number of hydrogen-bond acceptors (Lipinski definition) is 1. The predicted molar refractivity (Wildman–Crippen MR) is 75.1 cm³/mol. The first kappa shape index (κ1) is 11.2. The highest BCUT2D eigenvalue weighted by Crippen LogP contribution is 2.29. The highest BCUT2D eigenvalue weighted by Gasteiger charge is 2.13. The Balaban J connectivity index is 1.88. The first-order chi connectivity index (χ1) is 8.83. The van der Waals surface area contributed by atoms with Crippen molar-refractivity contribution in [3.63, 3.8) is 0 Å². The third-order valence-corrected chi connectivity index (χ3v) is 3.47. The van der Waals surface area contributed by atoms with Crippen molar-refractivity contribution >= 4 is 5.57 Å². The van der Waals surface area contributed by atoms with Gasteiger partial charge >= 0.3 is 0 Å². The summed E-state index contributed by atoms with van der Waals surface area (Å²) in [6.45, 7) is 0. The van der Waals surface area contributed by atoms with Crippen LogP contribution in [0, 0.1) is 0 Å². The number of hydrogen-bond donors (Lipinski definition) is 1. The molecule has 0 spiro atoms. The van der Waals surface area contributed by atoms with Gasteiger partial charge in [0.15, 0.2) is 0 Å². The van der Waals surface area contributed by atoms with Crippen LogP contribution in [-0.4, -0.2) is 11.2 Å². The number of aliphatic hydroxyl groups excluding tert-OH is 1. The van der Waals surface area contributed by atoms with Gasteiger partial charge in [-0.05, 0) is 35.1 Å². The Morgan fingerprint density at radius 1 is 0.778 bits per heavy atom. The second-order valence-corrected chi connectivity index (χ2v) is 4.74. The molecule has 1 atom stereocenters. The Hall–Kier alpha value is -1.86. The van der Waals surface area contributed by atoms with Crippen LogP contribution in [0.5, 0.6) is 0 Å². The Labute approximate surface area is 107 Å². The zero-order chi connectivity index (χ0) is 12.4. The van der Waals surface area contributed by atoms with Crippen LogP contribution < -0.4 is 0 Å². The molecule has 1 N–H and O–H groups in total. The summed E-state index contributed by atoms with van der Waals surface area (Å²) in [7, 11) is 0. The number of rotatable bonds is 2. The van der Waals surface area contributed by atoms with E-state index in [-0.39, 0.29) is 6.10 Å². The molecule has 1 heteroatoms. The van der Waals surface area contributed by atoms with Gasteiger partial charge in [-0.15, -0.1) is 0 Å². The van der Waals surface area contributed by atoms with Crippen LogP contribution >= 0.6 is 0 Å². The molecule has 1 nitrogen and oxygen atoms in total. The zero-order valence-electron chi connectivity index (χ0n) is 10.2. The van der Waals surface area contributed by atoms with Crippen LogP contribution in [0.3, 0.4) is 0 Å². The first-order valence-corrected chi connectivity index (χ1v) is 6.37. The fraction of sp³-hybridized carbons (Fsp3) is 0.176. The van der Waals surface area contributed by atoms with Gasteiger partial charge < -0.3 is 5.11 Å². The van der Waals surface area contributed by atoms with Gasteiger partial charge in [0.05, 0.1) is 6.10 Å². The number of aliphatic hydroxyl groups is 1. The Kier molecular flexibility index (Phi) is 2.99. The van der Waals surface area contributed by atoms with Gasteiger partial charge in [-0.2, -0.15) is 0 Å². The molecule has 0 aliphatic heterocycles. The summed E-state index contributed by atoms with van der Waals surface area (Å²) in [6, 6.07) is 19.0. The highest BCUT2D eigenvalue weighted by atomic mass is 16.3. The van der Waals surface area contributed by atoms with E-state index in [1.54, 1.807) is 0 Å². The average molecular weight is 236 g/mol. The summed E-state index contributed by atoms with van der Waals surface area (Å²) in [5.41, 5.74) is 4.97. The molecule has 2 aromatic rings. The fourth-order valence-corrected chi connectivity index (χ4v) is 2.45. The van der Waals surface area contributed by atoms with Crippen LogP contribution in [0.4, 0.5) is 0 Å². The van der Waals surface area contributed by atoms with Gasteiger partial charge in [0.1, 0.15) is 0 Å². The largest absolute Gasteiger partial charge is 0.389 e. The van der Waals surface area contributed by atoms with Gasteiger partial charge in [-0.3, -0.25) is 0 Å². The summed E-state index contributed by atoms with van der Waals surface area (Å²) >= 11 is 0. The molecule has 0 heterocycles. The second kappa shape index (κ2) is 4.79. The van der Waals surface area contributed by atoms with Crippen LogP contribution in [-0.2, 0) is 0 Å². The van der Waals surface area contributed by atoms with Crippen molar-refractivity contribution in [2.75, 3.05) is 0 Å². The number of benzene rings is 2. The summed E-state index contributed by atoms with van der Waals surface area (Å²) < 4.78 is 0. The third kappa shape index (κ3) is 2.22. The number of allylic oxidation sites excluding steroid dienone is 1. The smallest absolute Gasteiger partial charge is 0.0730 e. The van der Waals surface area contributed by atoms with E-state index in [4.69, 9.17) is 0 Å². The Morgan fingerprint density at radius 3 is 2.00 bits per heavy atom. The maximum Gasteiger partial charge on any atom is 0.0730 e. The molecule has 1 aliphatic carbocycles. The van der Waals surface area contributed by atoms with Crippen molar-refractivity contribution in [2.45, 2.75) is 18.9 Å². The maximum absolute atomic E-state index is 9.52. The summed E-state index contributed by atoms with van der Waals surface area (Å²) in [4.78, 5) is 0. The average Bonchev–Trinajstić information content (AvgIpc) is 2.87. The standard InChI is InChI=1S/C17H16O/c18-17-11-10-16(12-17)15-8-6-14(7-9-15)13-4-2-1-3-5-13/h1-9,12,17-18H,10-11H2. The van der Waals surface area contributed by atoms with E-state index in [1.165, 1.54) is 22.3 Å². The van der Waals surface area contributed by atoms with E-state index in [0.29, 0.717) is 0 Å². The third-order valence-electron chi connectivity index (χ3n) is 3.47. The molecular weight excluding hydrogens is 220 g/mol. The first-order valence-electron chi connectivity index (χ1n) is 6.37. The van der Waals surface area contributed by atoms with Gasteiger partial charge in [-0.25, -0.2) is 0 Å². The molecule has 3 rings (SSSR count). The molecule has 0 fully saturated rings. The highest BCUT2D eigenvalue weighted by molar-refractivity contribution is 5.71. The van der Waals surface area contributed by atoms with E-state index >= 15 is 0 Å². The molecule has 0 radical (unpaired) electrons. The molecule has 2 aromatic carbocycles. The molecule has 0 saturated heterocycles. The monoisotopic (exact) mass is 236 g/mol. The molecule has 1 unspecified atom stereocenters. The SMILES string of the molecule is OC1C=C(c2ccc(-c3ccccc3)cc2)CC1. The van der Waals surface area contributed by atoms with E-state index < -0.39 is 0 Å².